The molecular weight excluding hydrogens is 340 g/mol. The average Bonchev–Trinajstić information content (AvgIpc) is 2.84. The second-order valence-corrected chi connectivity index (χ2v) is 5.16. The molecule has 2 aromatic rings. The number of carbonyl (C=O) groups is 1. The van der Waals surface area contributed by atoms with Gasteiger partial charge in [-0.05, 0) is 43.9 Å². The standard InChI is InChI=1S/C12H13BrN6O2/c1-19(2)9-4-3-7(5-8(9)13)6-15-16-12(20)10-11(14)18-21-17-10/h3-6H,1-2H3,(H2,14,18)(H,16,20)/b15-6+. The summed E-state index contributed by atoms with van der Waals surface area (Å²) in [6, 6.07) is 5.70. The molecule has 1 heterocycles. The van der Waals surface area contributed by atoms with Gasteiger partial charge in [0.15, 0.2) is 0 Å². The van der Waals surface area contributed by atoms with E-state index in [0.717, 1.165) is 15.7 Å². The number of benzene rings is 1. The van der Waals surface area contributed by atoms with Crippen molar-refractivity contribution in [2.45, 2.75) is 0 Å². The summed E-state index contributed by atoms with van der Waals surface area (Å²) in [5.74, 6) is -0.672. The van der Waals surface area contributed by atoms with Gasteiger partial charge in [0, 0.05) is 18.6 Å². The van der Waals surface area contributed by atoms with Gasteiger partial charge in [0.1, 0.15) is 0 Å². The van der Waals surface area contributed by atoms with E-state index in [9.17, 15) is 4.79 Å². The predicted molar refractivity (Wildman–Crippen MR) is 82.2 cm³/mol. The minimum absolute atomic E-state index is 0.0826. The van der Waals surface area contributed by atoms with Crippen LogP contribution in [0.3, 0.4) is 0 Å². The van der Waals surface area contributed by atoms with Crippen molar-refractivity contribution < 1.29 is 9.42 Å². The largest absolute Gasteiger partial charge is 0.379 e. The van der Waals surface area contributed by atoms with E-state index in [1.165, 1.54) is 6.21 Å². The maximum atomic E-state index is 11.6. The van der Waals surface area contributed by atoms with Crippen molar-refractivity contribution in [1.82, 2.24) is 15.7 Å². The van der Waals surface area contributed by atoms with Crippen molar-refractivity contribution in [3.63, 3.8) is 0 Å². The Labute approximate surface area is 129 Å². The molecule has 0 atom stereocenters. The molecule has 1 aromatic heterocycles. The van der Waals surface area contributed by atoms with Gasteiger partial charge in [0.2, 0.25) is 11.5 Å². The number of nitrogens with two attached hydrogens (primary N) is 1. The Hall–Kier alpha value is -2.42. The SMILES string of the molecule is CN(C)c1ccc(/C=N/NC(=O)c2nonc2N)cc1Br. The molecular formula is C12H13BrN6O2. The highest BCUT2D eigenvalue weighted by atomic mass is 79.9. The maximum Gasteiger partial charge on any atom is 0.297 e. The van der Waals surface area contributed by atoms with Gasteiger partial charge < -0.3 is 10.6 Å². The molecule has 0 fully saturated rings. The van der Waals surface area contributed by atoms with Gasteiger partial charge in [-0.15, -0.1) is 0 Å². The molecule has 0 saturated heterocycles. The Bertz CT molecular complexity index is 682. The van der Waals surface area contributed by atoms with Crippen LogP contribution in [-0.2, 0) is 0 Å². The lowest BCUT2D eigenvalue weighted by Crippen LogP contribution is -2.19. The fraction of sp³-hybridized carbons (Fsp3) is 0.167. The van der Waals surface area contributed by atoms with Crippen LogP contribution in [0.4, 0.5) is 11.5 Å². The minimum Gasteiger partial charge on any atom is -0.379 e. The molecule has 0 aliphatic carbocycles. The van der Waals surface area contributed by atoms with Crippen LogP contribution in [0, 0.1) is 0 Å². The number of rotatable bonds is 4. The molecule has 3 N–H and O–H groups in total. The zero-order valence-electron chi connectivity index (χ0n) is 11.4. The summed E-state index contributed by atoms with van der Waals surface area (Å²) >= 11 is 3.47. The van der Waals surface area contributed by atoms with Crippen molar-refractivity contribution in [3.8, 4) is 0 Å². The average molecular weight is 353 g/mol. The molecule has 2 rings (SSSR count). The summed E-state index contributed by atoms with van der Waals surface area (Å²) < 4.78 is 5.26. The zero-order valence-corrected chi connectivity index (χ0v) is 13.0. The Morgan fingerprint density at radius 3 is 2.81 bits per heavy atom. The van der Waals surface area contributed by atoms with Crippen LogP contribution in [-0.4, -0.2) is 36.5 Å². The maximum absolute atomic E-state index is 11.6. The monoisotopic (exact) mass is 352 g/mol. The lowest BCUT2D eigenvalue weighted by molar-refractivity contribution is 0.0946. The summed E-state index contributed by atoms with van der Waals surface area (Å²) in [6.07, 6.45) is 1.51. The third-order valence-electron chi connectivity index (χ3n) is 2.56. The van der Waals surface area contributed by atoms with Gasteiger partial charge in [-0.3, -0.25) is 4.79 Å². The highest BCUT2D eigenvalue weighted by Crippen LogP contribution is 2.25. The van der Waals surface area contributed by atoms with Crippen LogP contribution in [0.5, 0.6) is 0 Å². The number of carbonyl (C=O) groups excluding carboxylic acids is 1. The molecule has 1 aromatic carbocycles. The number of hydrogen-bond acceptors (Lipinski definition) is 7. The second kappa shape index (κ2) is 6.35. The van der Waals surface area contributed by atoms with Crippen LogP contribution < -0.4 is 16.1 Å². The van der Waals surface area contributed by atoms with Crippen molar-refractivity contribution in [3.05, 3.63) is 33.9 Å². The van der Waals surface area contributed by atoms with Gasteiger partial charge in [-0.25, -0.2) is 10.1 Å². The Morgan fingerprint density at radius 2 is 2.24 bits per heavy atom. The van der Waals surface area contributed by atoms with E-state index in [4.69, 9.17) is 5.73 Å². The summed E-state index contributed by atoms with van der Waals surface area (Å²) in [4.78, 5) is 13.6. The second-order valence-electron chi connectivity index (χ2n) is 4.30. The minimum atomic E-state index is -0.589. The van der Waals surface area contributed by atoms with Gasteiger partial charge in [0.05, 0.1) is 11.9 Å². The van der Waals surface area contributed by atoms with Crippen LogP contribution >= 0.6 is 15.9 Å². The van der Waals surface area contributed by atoms with Crippen molar-refractivity contribution in [1.29, 1.82) is 0 Å². The van der Waals surface area contributed by atoms with E-state index in [0.29, 0.717) is 0 Å². The molecule has 0 spiro atoms. The van der Waals surface area contributed by atoms with Crippen LogP contribution in [0.1, 0.15) is 16.1 Å². The van der Waals surface area contributed by atoms with Crippen molar-refractivity contribution >= 4 is 39.6 Å². The number of hydrazone groups is 1. The van der Waals surface area contributed by atoms with Gasteiger partial charge >= 0.3 is 0 Å². The number of anilines is 2. The van der Waals surface area contributed by atoms with E-state index in [2.05, 4.69) is 41.4 Å². The van der Waals surface area contributed by atoms with Crippen molar-refractivity contribution in [2.75, 3.05) is 24.7 Å². The molecule has 110 valence electrons. The molecule has 0 unspecified atom stereocenters. The van der Waals surface area contributed by atoms with Crippen LogP contribution in [0.25, 0.3) is 0 Å². The van der Waals surface area contributed by atoms with E-state index in [1.807, 2.05) is 37.2 Å². The van der Waals surface area contributed by atoms with E-state index < -0.39 is 5.91 Å². The third-order valence-corrected chi connectivity index (χ3v) is 3.20. The molecule has 0 aliphatic rings. The van der Waals surface area contributed by atoms with Crippen molar-refractivity contribution in [2.24, 2.45) is 5.10 Å². The summed E-state index contributed by atoms with van der Waals surface area (Å²) in [5, 5.41) is 10.5. The smallest absolute Gasteiger partial charge is 0.297 e. The number of nitrogens with zero attached hydrogens (tertiary/aromatic N) is 4. The molecule has 0 aliphatic heterocycles. The lowest BCUT2D eigenvalue weighted by atomic mass is 10.2. The predicted octanol–water partition coefficient (Wildman–Crippen LogP) is 1.24. The first kappa shape index (κ1) is 15.0. The fourth-order valence-electron chi connectivity index (χ4n) is 1.54. The summed E-state index contributed by atoms with van der Waals surface area (Å²) in [7, 11) is 3.90. The highest BCUT2D eigenvalue weighted by Gasteiger charge is 2.14. The van der Waals surface area contributed by atoms with Gasteiger partial charge in [0.25, 0.3) is 5.91 Å². The Morgan fingerprint density at radius 1 is 1.48 bits per heavy atom. The van der Waals surface area contributed by atoms with Gasteiger partial charge in [-0.1, -0.05) is 6.07 Å². The Balaban J connectivity index is 2.03. The lowest BCUT2D eigenvalue weighted by Gasteiger charge is -2.14. The first-order valence-electron chi connectivity index (χ1n) is 5.87. The zero-order chi connectivity index (χ0) is 15.4. The Kier molecular flexibility index (Phi) is 4.53. The number of halogens is 1. The number of hydrogen-bond donors (Lipinski definition) is 2. The normalized spacial score (nSPS) is 10.8. The molecule has 0 bridgehead atoms. The fourth-order valence-corrected chi connectivity index (χ4v) is 2.29. The van der Waals surface area contributed by atoms with E-state index in [-0.39, 0.29) is 11.5 Å². The van der Waals surface area contributed by atoms with Crippen LogP contribution in [0.15, 0.2) is 32.4 Å². The van der Waals surface area contributed by atoms with E-state index in [1.54, 1.807) is 0 Å². The summed E-state index contributed by atoms with van der Waals surface area (Å²) in [6.45, 7) is 0. The number of nitrogens with one attached hydrogen (secondary N) is 1. The molecule has 21 heavy (non-hydrogen) atoms. The van der Waals surface area contributed by atoms with E-state index >= 15 is 0 Å². The quantitative estimate of drug-likeness (QED) is 0.632. The molecule has 8 nitrogen and oxygen atoms in total. The number of aromatic nitrogens is 2. The third kappa shape index (κ3) is 3.57. The molecule has 0 radical (unpaired) electrons. The molecule has 1 amide bonds. The summed E-state index contributed by atoms with van der Waals surface area (Å²) in [5.41, 5.74) is 9.45. The highest BCUT2D eigenvalue weighted by molar-refractivity contribution is 9.10. The van der Waals surface area contributed by atoms with Gasteiger partial charge in [-0.2, -0.15) is 5.10 Å². The number of amides is 1. The molecule has 9 heteroatoms. The molecule has 0 saturated carbocycles. The first-order valence-corrected chi connectivity index (χ1v) is 6.66. The first-order chi connectivity index (χ1) is 9.99. The number of nitrogen functional groups attached to an aromatic ring is 1. The topological polar surface area (TPSA) is 110 Å². The van der Waals surface area contributed by atoms with Crippen LogP contribution in [0.2, 0.25) is 0 Å².